The summed E-state index contributed by atoms with van der Waals surface area (Å²) in [5.41, 5.74) is 2.29. The summed E-state index contributed by atoms with van der Waals surface area (Å²) >= 11 is 5.95. The summed E-state index contributed by atoms with van der Waals surface area (Å²) in [6.45, 7) is 2.41. The van der Waals surface area contributed by atoms with E-state index in [-0.39, 0.29) is 17.4 Å². The molecule has 24 heavy (non-hydrogen) atoms. The third-order valence-electron chi connectivity index (χ3n) is 3.79. The maximum atomic E-state index is 12.1. The predicted octanol–water partition coefficient (Wildman–Crippen LogP) is 3.58. The highest BCUT2D eigenvalue weighted by molar-refractivity contribution is 6.30. The lowest BCUT2D eigenvalue weighted by Crippen LogP contribution is -2.31. The van der Waals surface area contributed by atoms with E-state index in [1.54, 1.807) is 24.3 Å². The number of benzene rings is 2. The second-order valence-corrected chi connectivity index (χ2v) is 6.21. The molecule has 1 unspecified atom stereocenters. The van der Waals surface area contributed by atoms with Crippen LogP contribution in [0.5, 0.6) is 0 Å². The fourth-order valence-corrected chi connectivity index (χ4v) is 2.64. The normalized spacial score (nSPS) is 11.8. The molecule has 2 rings (SSSR count). The summed E-state index contributed by atoms with van der Waals surface area (Å²) in [4.78, 5) is 22.9. The molecule has 0 aromatic heterocycles. The number of carbonyl (C=O) groups is 2. The zero-order valence-corrected chi connectivity index (χ0v) is 14.2. The highest BCUT2D eigenvalue weighted by Crippen LogP contribution is 2.14. The first-order chi connectivity index (χ1) is 11.5. The lowest BCUT2D eigenvalue weighted by Gasteiger charge is -2.12. The Kier molecular flexibility index (Phi) is 6.38. The summed E-state index contributed by atoms with van der Waals surface area (Å²) < 4.78 is 0. The number of hydrogen-bond acceptors (Lipinski definition) is 2. The molecular formula is C19H20ClNO3. The second-order valence-electron chi connectivity index (χ2n) is 5.78. The van der Waals surface area contributed by atoms with Gasteiger partial charge in [0.25, 0.3) is 0 Å². The lowest BCUT2D eigenvalue weighted by molar-refractivity contribution is -0.124. The number of amides is 1. The Morgan fingerprint density at radius 3 is 2.46 bits per heavy atom. The first kappa shape index (κ1) is 18.0. The van der Waals surface area contributed by atoms with E-state index >= 15 is 0 Å². The van der Waals surface area contributed by atoms with E-state index in [0.717, 1.165) is 11.1 Å². The minimum absolute atomic E-state index is 0.00266. The summed E-state index contributed by atoms with van der Waals surface area (Å²) in [5, 5.41) is 12.4. The SMILES string of the molecule is CC(Cc1cccc(Cl)c1)C(=O)NCCc1ccc(C(=O)O)cc1. The van der Waals surface area contributed by atoms with E-state index in [2.05, 4.69) is 5.32 Å². The fraction of sp³-hybridized carbons (Fsp3) is 0.263. The number of halogens is 1. The van der Waals surface area contributed by atoms with Gasteiger partial charge in [-0.05, 0) is 48.2 Å². The van der Waals surface area contributed by atoms with Crippen molar-refractivity contribution in [3.05, 3.63) is 70.2 Å². The van der Waals surface area contributed by atoms with Crippen molar-refractivity contribution in [2.24, 2.45) is 5.92 Å². The molecule has 126 valence electrons. The minimum Gasteiger partial charge on any atom is -0.478 e. The molecule has 0 radical (unpaired) electrons. The lowest BCUT2D eigenvalue weighted by atomic mass is 10.0. The van der Waals surface area contributed by atoms with Gasteiger partial charge in [-0.3, -0.25) is 4.79 Å². The average molecular weight is 346 g/mol. The average Bonchev–Trinajstić information content (AvgIpc) is 2.55. The molecule has 0 fully saturated rings. The molecule has 1 amide bonds. The van der Waals surface area contributed by atoms with Crippen LogP contribution in [0.3, 0.4) is 0 Å². The maximum Gasteiger partial charge on any atom is 0.335 e. The van der Waals surface area contributed by atoms with Crippen molar-refractivity contribution in [2.45, 2.75) is 19.8 Å². The highest BCUT2D eigenvalue weighted by Gasteiger charge is 2.13. The molecule has 0 aliphatic rings. The third kappa shape index (κ3) is 5.39. The van der Waals surface area contributed by atoms with Crippen LogP contribution >= 0.6 is 11.6 Å². The highest BCUT2D eigenvalue weighted by atomic mass is 35.5. The third-order valence-corrected chi connectivity index (χ3v) is 4.03. The molecule has 2 N–H and O–H groups in total. The molecular weight excluding hydrogens is 326 g/mol. The van der Waals surface area contributed by atoms with Crippen molar-refractivity contribution < 1.29 is 14.7 Å². The van der Waals surface area contributed by atoms with Crippen LogP contribution in [0.2, 0.25) is 5.02 Å². The number of carboxylic acids is 1. The molecule has 0 saturated heterocycles. The Morgan fingerprint density at radius 2 is 1.83 bits per heavy atom. The molecule has 0 bridgehead atoms. The van der Waals surface area contributed by atoms with Crippen LogP contribution in [-0.2, 0) is 17.6 Å². The van der Waals surface area contributed by atoms with Crippen molar-refractivity contribution in [1.29, 1.82) is 0 Å². The quantitative estimate of drug-likeness (QED) is 0.806. The number of carboxylic acid groups (broad SMARTS) is 1. The molecule has 0 aliphatic carbocycles. The molecule has 0 heterocycles. The Labute approximate surface area is 146 Å². The second kappa shape index (κ2) is 8.50. The largest absolute Gasteiger partial charge is 0.478 e. The monoisotopic (exact) mass is 345 g/mol. The fourth-order valence-electron chi connectivity index (χ4n) is 2.43. The van der Waals surface area contributed by atoms with Gasteiger partial charge in [-0.15, -0.1) is 0 Å². The summed E-state index contributed by atoms with van der Waals surface area (Å²) in [6.07, 6.45) is 1.30. The van der Waals surface area contributed by atoms with Crippen LogP contribution in [0.1, 0.15) is 28.4 Å². The van der Waals surface area contributed by atoms with Gasteiger partial charge in [0.1, 0.15) is 0 Å². The molecule has 0 saturated carbocycles. The molecule has 5 heteroatoms. The summed E-state index contributed by atoms with van der Waals surface area (Å²) in [6, 6.07) is 14.2. The molecule has 0 spiro atoms. The van der Waals surface area contributed by atoms with Gasteiger partial charge >= 0.3 is 5.97 Å². The molecule has 1 atom stereocenters. The van der Waals surface area contributed by atoms with Crippen molar-refractivity contribution in [3.63, 3.8) is 0 Å². The van der Waals surface area contributed by atoms with Gasteiger partial charge in [0, 0.05) is 17.5 Å². The zero-order chi connectivity index (χ0) is 17.5. The van der Waals surface area contributed by atoms with E-state index < -0.39 is 5.97 Å². The van der Waals surface area contributed by atoms with Crippen LogP contribution in [0.25, 0.3) is 0 Å². The molecule has 2 aromatic carbocycles. The Balaban J connectivity index is 1.78. The predicted molar refractivity (Wildman–Crippen MR) is 94.4 cm³/mol. The minimum atomic E-state index is -0.940. The van der Waals surface area contributed by atoms with Gasteiger partial charge in [0.2, 0.25) is 5.91 Å². The number of carbonyl (C=O) groups excluding carboxylic acids is 1. The van der Waals surface area contributed by atoms with Crippen LogP contribution < -0.4 is 5.32 Å². The van der Waals surface area contributed by atoms with Crippen LogP contribution in [0, 0.1) is 5.92 Å². The maximum absolute atomic E-state index is 12.1. The van der Waals surface area contributed by atoms with Gasteiger partial charge in [-0.1, -0.05) is 42.8 Å². The van der Waals surface area contributed by atoms with Crippen molar-refractivity contribution >= 4 is 23.5 Å². The summed E-state index contributed by atoms with van der Waals surface area (Å²) in [5.74, 6) is -1.08. The molecule has 4 nitrogen and oxygen atoms in total. The van der Waals surface area contributed by atoms with E-state index in [1.807, 2.05) is 31.2 Å². The molecule has 2 aromatic rings. The zero-order valence-electron chi connectivity index (χ0n) is 13.5. The van der Waals surface area contributed by atoms with Crippen LogP contribution in [0.4, 0.5) is 0 Å². The van der Waals surface area contributed by atoms with Gasteiger partial charge in [0.05, 0.1) is 5.56 Å². The smallest absolute Gasteiger partial charge is 0.335 e. The number of rotatable bonds is 7. The Hall–Kier alpha value is -2.33. The number of hydrogen-bond donors (Lipinski definition) is 2. The van der Waals surface area contributed by atoms with E-state index in [1.165, 1.54) is 0 Å². The van der Waals surface area contributed by atoms with Gasteiger partial charge in [-0.2, -0.15) is 0 Å². The first-order valence-electron chi connectivity index (χ1n) is 7.80. The van der Waals surface area contributed by atoms with Gasteiger partial charge in [0.15, 0.2) is 0 Å². The van der Waals surface area contributed by atoms with Gasteiger partial charge in [-0.25, -0.2) is 4.79 Å². The van der Waals surface area contributed by atoms with E-state index in [9.17, 15) is 9.59 Å². The van der Waals surface area contributed by atoms with Crippen molar-refractivity contribution in [2.75, 3.05) is 6.54 Å². The van der Waals surface area contributed by atoms with Gasteiger partial charge < -0.3 is 10.4 Å². The first-order valence-corrected chi connectivity index (χ1v) is 8.18. The van der Waals surface area contributed by atoms with E-state index in [0.29, 0.717) is 24.4 Å². The number of aromatic carboxylic acids is 1. The van der Waals surface area contributed by atoms with E-state index in [4.69, 9.17) is 16.7 Å². The Morgan fingerprint density at radius 1 is 1.12 bits per heavy atom. The van der Waals surface area contributed by atoms with Crippen LogP contribution in [0.15, 0.2) is 48.5 Å². The standard InChI is InChI=1S/C19H20ClNO3/c1-13(11-15-3-2-4-17(20)12-15)18(22)21-10-9-14-5-7-16(8-6-14)19(23)24/h2-8,12-13H,9-11H2,1H3,(H,21,22)(H,23,24). The Bertz CT molecular complexity index is 713. The molecule has 0 aliphatic heterocycles. The topological polar surface area (TPSA) is 66.4 Å². The van der Waals surface area contributed by atoms with Crippen molar-refractivity contribution in [3.8, 4) is 0 Å². The number of nitrogens with one attached hydrogen (secondary N) is 1. The van der Waals surface area contributed by atoms with Crippen molar-refractivity contribution in [1.82, 2.24) is 5.32 Å². The van der Waals surface area contributed by atoms with Crippen LogP contribution in [-0.4, -0.2) is 23.5 Å². The summed E-state index contributed by atoms with van der Waals surface area (Å²) in [7, 11) is 0.